The number of rotatable bonds is 6. The summed E-state index contributed by atoms with van der Waals surface area (Å²) in [6, 6.07) is 14.9. The minimum absolute atomic E-state index is 0.0416. The summed E-state index contributed by atoms with van der Waals surface area (Å²) in [5, 5.41) is 17.8. The number of anilines is 2. The van der Waals surface area contributed by atoms with Gasteiger partial charge in [0.05, 0.1) is 24.9 Å². The first kappa shape index (κ1) is 26.1. The molecule has 0 aliphatic carbocycles. The zero-order valence-electron chi connectivity index (χ0n) is 19.9. The Morgan fingerprint density at radius 3 is 2.03 bits per heavy atom. The van der Waals surface area contributed by atoms with E-state index in [2.05, 4.69) is 4.99 Å². The molecule has 0 aromatic heterocycles. The van der Waals surface area contributed by atoms with Crippen molar-refractivity contribution >= 4 is 40.6 Å². The van der Waals surface area contributed by atoms with E-state index in [1.54, 1.807) is 9.80 Å². The van der Waals surface area contributed by atoms with Gasteiger partial charge in [-0.15, -0.1) is 0 Å². The number of Topliss-reactive ketones (excluding diaryl/α,β-unsaturated/α-hetero) is 1. The monoisotopic (exact) mass is 481 g/mol. The van der Waals surface area contributed by atoms with Crippen LogP contribution in [0.4, 0.5) is 17.1 Å². The van der Waals surface area contributed by atoms with Crippen molar-refractivity contribution in [2.24, 2.45) is 4.99 Å². The van der Waals surface area contributed by atoms with E-state index in [1.165, 1.54) is 7.11 Å². The molecule has 0 spiro atoms. The Labute approximate surface area is 204 Å². The maximum Gasteiger partial charge on any atom is 0.236 e. The van der Waals surface area contributed by atoms with Crippen LogP contribution in [0.15, 0.2) is 53.5 Å². The zero-order valence-corrected chi connectivity index (χ0v) is 19.9. The Hall–Kier alpha value is -3.56. The molecule has 2 aromatic carbocycles. The van der Waals surface area contributed by atoms with Crippen LogP contribution in [0.1, 0.15) is 31.2 Å². The third kappa shape index (κ3) is 6.74. The molecule has 2 aliphatic heterocycles. The topological polar surface area (TPSA) is 120 Å². The predicted molar refractivity (Wildman–Crippen MR) is 133 cm³/mol. The summed E-state index contributed by atoms with van der Waals surface area (Å²) in [6.07, 6.45) is 1.49. The van der Waals surface area contributed by atoms with Crippen molar-refractivity contribution < 1.29 is 29.3 Å². The number of aliphatic imine (C=N–C) groups is 1. The number of para-hydroxylation sites is 3. The third-order valence-corrected chi connectivity index (χ3v) is 5.66. The molecule has 0 bridgehead atoms. The smallest absolute Gasteiger partial charge is 0.236 e. The summed E-state index contributed by atoms with van der Waals surface area (Å²) in [7, 11) is 1.51. The second-order valence-corrected chi connectivity index (χ2v) is 8.14. The molecule has 186 valence electrons. The van der Waals surface area contributed by atoms with E-state index in [0.717, 1.165) is 22.6 Å². The van der Waals surface area contributed by atoms with Crippen LogP contribution >= 0.6 is 0 Å². The molecule has 9 nitrogen and oxygen atoms in total. The van der Waals surface area contributed by atoms with Gasteiger partial charge in [0.15, 0.2) is 5.90 Å². The van der Waals surface area contributed by atoms with Gasteiger partial charge in [0.1, 0.15) is 12.2 Å². The van der Waals surface area contributed by atoms with Crippen molar-refractivity contribution in [2.45, 2.75) is 32.1 Å². The Balaban J connectivity index is 0.000000196. The largest absolute Gasteiger partial charge is 0.484 e. The standard InChI is InChI=1S/C13H16N2O3.C13H15NO3/c1-18-12-9-13(17)15(7-4-8-16)11-6-3-2-5-10(11)14-12;15-7-3-6-14-12-5-2-1-4-10(12)8-11(16)9-13(14)17/h2-3,5-6,16H,4,7-9H2,1H3;1-2,4-5,15H,3,6-9H2. The van der Waals surface area contributed by atoms with Crippen molar-refractivity contribution in [1.29, 1.82) is 0 Å². The first-order valence-corrected chi connectivity index (χ1v) is 11.6. The fourth-order valence-corrected chi connectivity index (χ4v) is 3.98. The molecule has 2 aliphatic rings. The number of fused-ring (bicyclic) bond motifs is 2. The number of aliphatic hydroxyl groups is 2. The lowest BCUT2D eigenvalue weighted by atomic mass is 10.1. The van der Waals surface area contributed by atoms with Gasteiger partial charge < -0.3 is 24.7 Å². The Bertz CT molecular complexity index is 1080. The van der Waals surface area contributed by atoms with Crippen LogP contribution in [0.2, 0.25) is 0 Å². The predicted octanol–water partition coefficient (Wildman–Crippen LogP) is 2.40. The van der Waals surface area contributed by atoms with E-state index in [1.807, 2.05) is 48.5 Å². The van der Waals surface area contributed by atoms with Crippen LogP contribution < -0.4 is 9.80 Å². The van der Waals surface area contributed by atoms with Crippen LogP contribution in [0.5, 0.6) is 0 Å². The highest BCUT2D eigenvalue weighted by molar-refractivity contribution is 6.10. The van der Waals surface area contributed by atoms with Crippen molar-refractivity contribution in [3.63, 3.8) is 0 Å². The van der Waals surface area contributed by atoms with E-state index < -0.39 is 0 Å². The van der Waals surface area contributed by atoms with Gasteiger partial charge in [-0.05, 0) is 36.6 Å². The number of hydrogen-bond acceptors (Lipinski definition) is 7. The fourth-order valence-electron chi connectivity index (χ4n) is 3.98. The molecular formula is C26H31N3O6. The SMILES string of the molecule is COC1=Nc2ccccc2N(CCCO)C(=O)C1.O=C1CC(=O)N(CCCO)c2ccccc2C1. The van der Waals surface area contributed by atoms with E-state index in [0.29, 0.717) is 38.2 Å². The van der Waals surface area contributed by atoms with Crippen LogP contribution in [-0.2, 0) is 25.5 Å². The summed E-state index contributed by atoms with van der Waals surface area (Å²) in [4.78, 5) is 43.2. The third-order valence-electron chi connectivity index (χ3n) is 5.66. The normalized spacial score (nSPS) is 15.3. The van der Waals surface area contributed by atoms with Crippen molar-refractivity contribution in [3.8, 4) is 0 Å². The molecule has 0 fully saturated rings. The van der Waals surface area contributed by atoms with Gasteiger partial charge in [0.25, 0.3) is 0 Å². The van der Waals surface area contributed by atoms with Crippen molar-refractivity contribution in [2.75, 3.05) is 43.2 Å². The number of carbonyl (C=O) groups excluding carboxylic acids is 3. The van der Waals surface area contributed by atoms with E-state index in [4.69, 9.17) is 14.9 Å². The highest BCUT2D eigenvalue weighted by atomic mass is 16.5. The van der Waals surface area contributed by atoms with Gasteiger partial charge in [0.2, 0.25) is 11.8 Å². The second kappa shape index (κ2) is 12.8. The first-order chi connectivity index (χ1) is 17.0. The minimum Gasteiger partial charge on any atom is -0.484 e. The lowest BCUT2D eigenvalue weighted by Gasteiger charge is -2.22. The highest BCUT2D eigenvalue weighted by Crippen LogP contribution is 2.32. The van der Waals surface area contributed by atoms with Gasteiger partial charge in [-0.25, -0.2) is 4.99 Å². The molecule has 9 heteroatoms. The number of ether oxygens (including phenoxy) is 1. The Kier molecular flexibility index (Phi) is 9.51. The average Bonchev–Trinajstić information content (AvgIpc) is 3.07. The van der Waals surface area contributed by atoms with Crippen molar-refractivity contribution in [1.82, 2.24) is 0 Å². The summed E-state index contributed by atoms with van der Waals surface area (Å²) < 4.78 is 5.10. The minimum atomic E-state index is -0.173. The number of hydrogen-bond donors (Lipinski definition) is 2. The number of methoxy groups -OCH3 is 1. The van der Waals surface area contributed by atoms with Crippen LogP contribution in [0.25, 0.3) is 0 Å². The van der Waals surface area contributed by atoms with Gasteiger partial charge in [-0.2, -0.15) is 0 Å². The number of nitrogens with zero attached hydrogens (tertiary/aromatic N) is 3. The van der Waals surface area contributed by atoms with E-state index in [9.17, 15) is 14.4 Å². The van der Waals surface area contributed by atoms with E-state index in [-0.39, 0.29) is 43.7 Å². The lowest BCUT2D eigenvalue weighted by Crippen LogP contribution is -2.32. The molecule has 2 aromatic rings. The zero-order chi connectivity index (χ0) is 25.2. The molecule has 35 heavy (non-hydrogen) atoms. The van der Waals surface area contributed by atoms with Gasteiger partial charge >= 0.3 is 0 Å². The maximum atomic E-state index is 12.1. The van der Waals surface area contributed by atoms with Crippen LogP contribution in [0.3, 0.4) is 0 Å². The van der Waals surface area contributed by atoms with Crippen molar-refractivity contribution in [3.05, 3.63) is 54.1 Å². The molecule has 0 unspecified atom stereocenters. The van der Waals surface area contributed by atoms with Gasteiger partial charge in [0, 0.05) is 38.4 Å². The molecule has 0 saturated carbocycles. The summed E-state index contributed by atoms with van der Waals surface area (Å²) in [5.41, 5.74) is 3.18. The lowest BCUT2D eigenvalue weighted by molar-refractivity contribution is -0.126. The first-order valence-electron chi connectivity index (χ1n) is 11.6. The molecule has 0 radical (unpaired) electrons. The summed E-state index contributed by atoms with van der Waals surface area (Å²) >= 11 is 0. The van der Waals surface area contributed by atoms with E-state index >= 15 is 0 Å². The average molecular weight is 482 g/mol. The number of ketones is 1. The number of amides is 2. The molecule has 2 amide bonds. The summed E-state index contributed by atoms with van der Waals surface area (Å²) in [6.45, 7) is 1.04. The molecule has 4 rings (SSSR count). The highest BCUT2D eigenvalue weighted by Gasteiger charge is 2.26. The molecule has 0 atom stereocenters. The fraction of sp³-hybridized carbons (Fsp3) is 0.385. The van der Waals surface area contributed by atoms with Gasteiger partial charge in [-0.3, -0.25) is 14.4 Å². The number of carbonyl (C=O) groups is 3. The maximum absolute atomic E-state index is 12.1. The molecular weight excluding hydrogens is 450 g/mol. The molecule has 0 saturated heterocycles. The summed E-state index contributed by atoms with van der Waals surface area (Å²) in [5.74, 6) is 0.135. The second-order valence-electron chi connectivity index (χ2n) is 8.14. The van der Waals surface area contributed by atoms with Crippen LogP contribution in [0, 0.1) is 0 Å². The Morgan fingerprint density at radius 1 is 0.800 bits per heavy atom. The number of benzene rings is 2. The quantitative estimate of drug-likeness (QED) is 0.612. The molecule has 2 heterocycles. The Morgan fingerprint density at radius 2 is 1.37 bits per heavy atom. The van der Waals surface area contributed by atoms with Crippen LogP contribution in [-0.4, -0.2) is 67.1 Å². The van der Waals surface area contributed by atoms with Gasteiger partial charge in [-0.1, -0.05) is 30.3 Å². The number of aliphatic hydroxyl groups excluding tert-OH is 2. The molecule has 2 N–H and O–H groups in total.